The second-order valence-electron chi connectivity index (χ2n) is 8.20. The fraction of sp³-hybridized carbons (Fsp3) is 0.320. The summed E-state index contributed by atoms with van der Waals surface area (Å²) in [7, 11) is 1.63. The van der Waals surface area contributed by atoms with Crippen LogP contribution in [0, 0.1) is 0 Å². The van der Waals surface area contributed by atoms with E-state index in [0.717, 1.165) is 5.56 Å². The van der Waals surface area contributed by atoms with Crippen molar-refractivity contribution < 1.29 is 14.3 Å². The van der Waals surface area contributed by atoms with E-state index in [-0.39, 0.29) is 11.3 Å². The minimum atomic E-state index is -0.628. The van der Waals surface area contributed by atoms with Crippen molar-refractivity contribution in [1.29, 1.82) is 0 Å². The average Bonchev–Trinajstić information content (AvgIpc) is 2.95. The Morgan fingerprint density at radius 3 is 2.77 bits per heavy atom. The molecule has 1 fully saturated rings. The number of para-hydroxylation sites is 1. The maximum absolute atomic E-state index is 12.5. The van der Waals surface area contributed by atoms with Crippen molar-refractivity contribution in [2.45, 2.75) is 31.3 Å². The minimum absolute atomic E-state index is 0.0718. The standard InChI is InChI=1S/C25H28N2O3/c1-5-16-30-21-11-10-18(17-22(21)29-4)12-14-25-24(2,3)19-8-6-7-9-20(19)27(25)15-13-23(28)26-25/h5-12,14,17H,1,13,15-16H2,2-4H3,(H,26,28)/b14-12+/t25-/m1/s1. The number of hydrogen-bond donors (Lipinski definition) is 1. The van der Waals surface area contributed by atoms with Gasteiger partial charge in [0.2, 0.25) is 5.91 Å². The van der Waals surface area contributed by atoms with Crippen molar-refractivity contribution >= 4 is 17.7 Å². The maximum Gasteiger partial charge on any atom is 0.223 e. The summed E-state index contributed by atoms with van der Waals surface area (Å²) in [4.78, 5) is 14.8. The van der Waals surface area contributed by atoms with E-state index in [1.807, 2.05) is 24.3 Å². The molecule has 0 saturated carbocycles. The van der Waals surface area contributed by atoms with E-state index < -0.39 is 5.66 Å². The fourth-order valence-corrected chi connectivity index (χ4v) is 4.59. The number of carbonyl (C=O) groups excluding carboxylic acids is 1. The molecule has 0 unspecified atom stereocenters. The summed E-state index contributed by atoms with van der Waals surface area (Å²) in [6.07, 6.45) is 6.35. The molecule has 0 radical (unpaired) electrons. The van der Waals surface area contributed by atoms with Crippen LogP contribution in [-0.4, -0.2) is 31.8 Å². The summed E-state index contributed by atoms with van der Waals surface area (Å²) in [6, 6.07) is 14.2. The lowest BCUT2D eigenvalue weighted by atomic mass is 9.74. The van der Waals surface area contributed by atoms with E-state index >= 15 is 0 Å². The van der Waals surface area contributed by atoms with E-state index in [1.54, 1.807) is 13.2 Å². The number of fused-ring (bicyclic) bond motifs is 3. The van der Waals surface area contributed by atoms with Gasteiger partial charge in [-0.3, -0.25) is 4.79 Å². The molecule has 5 heteroatoms. The lowest BCUT2D eigenvalue weighted by molar-refractivity contribution is -0.124. The second-order valence-corrected chi connectivity index (χ2v) is 8.20. The normalized spacial score (nSPS) is 21.7. The van der Waals surface area contributed by atoms with Gasteiger partial charge in [-0.2, -0.15) is 0 Å². The Kier molecular flexibility index (Phi) is 5.06. The molecule has 156 valence electrons. The van der Waals surface area contributed by atoms with Crippen LogP contribution in [-0.2, 0) is 10.2 Å². The van der Waals surface area contributed by atoms with Crippen molar-refractivity contribution in [1.82, 2.24) is 5.32 Å². The Morgan fingerprint density at radius 2 is 2.00 bits per heavy atom. The monoisotopic (exact) mass is 404 g/mol. The number of nitrogens with one attached hydrogen (secondary N) is 1. The summed E-state index contributed by atoms with van der Waals surface area (Å²) < 4.78 is 11.1. The topological polar surface area (TPSA) is 50.8 Å². The molecule has 0 bridgehead atoms. The molecule has 2 aromatic rings. The van der Waals surface area contributed by atoms with Gasteiger partial charge in [0.25, 0.3) is 0 Å². The van der Waals surface area contributed by atoms with E-state index in [1.165, 1.54) is 11.3 Å². The van der Waals surface area contributed by atoms with Crippen LogP contribution in [0.15, 0.2) is 61.2 Å². The Labute approximate surface area is 178 Å². The summed E-state index contributed by atoms with van der Waals surface area (Å²) >= 11 is 0. The molecule has 1 atom stereocenters. The number of amides is 1. The predicted molar refractivity (Wildman–Crippen MR) is 120 cm³/mol. The smallest absolute Gasteiger partial charge is 0.223 e. The third-order valence-electron chi connectivity index (χ3n) is 6.20. The molecular weight excluding hydrogens is 376 g/mol. The zero-order valence-electron chi connectivity index (χ0n) is 17.8. The maximum atomic E-state index is 12.5. The van der Waals surface area contributed by atoms with Crippen LogP contribution >= 0.6 is 0 Å². The van der Waals surface area contributed by atoms with Crippen molar-refractivity contribution in [2.24, 2.45) is 0 Å². The predicted octanol–water partition coefficient (Wildman–Crippen LogP) is 4.29. The van der Waals surface area contributed by atoms with Crippen molar-refractivity contribution in [3.05, 3.63) is 72.3 Å². The Bertz CT molecular complexity index is 1010. The van der Waals surface area contributed by atoms with Crippen LogP contribution in [0.2, 0.25) is 0 Å². The molecule has 0 spiro atoms. The van der Waals surface area contributed by atoms with Crippen LogP contribution in [0.3, 0.4) is 0 Å². The number of carbonyl (C=O) groups is 1. The molecule has 1 N–H and O–H groups in total. The van der Waals surface area contributed by atoms with Crippen molar-refractivity contribution in [3.8, 4) is 11.5 Å². The Balaban J connectivity index is 1.74. The molecule has 2 aliphatic heterocycles. The molecule has 30 heavy (non-hydrogen) atoms. The van der Waals surface area contributed by atoms with E-state index in [2.05, 4.69) is 61.0 Å². The van der Waals surface area contributed by atoms with Gasteiger partial charge in [0, 0.05) is 24.1 Å². The molecule has 1 amide bonds. The van der Waals surface area contributed by atoms with Crippen LogP contribution < -0.4 is 19.7 Å². The van der Waals surface area contributed by atoms with Crippen LogP contribution in [0.1, 0.15) is 31.4 Å². The number of benzene rings is 2. The highest BCUT2D eigenvalue weighted by molar-refractivity contribution is 5.84. The first-order chi connectivity index (χ1) is 14.4. The highest BCUT2D eigenvalue weighted by Crippen LogP contribution is 2.52. The van der Waals surface area contributed by atoms with E-state index in [4.69, 9.17) is 9.47 Å². The summed E-state index contributed by atoms with van der Waals surface area (Å²) in [6.45, 7) is 9.17. The Hall–Kier alpha value is -3.21. The average molecular weight is 405 g/mol. The lowest BCUT2D eigenvalue weighted by Gasteiger charge is -2.49. The van der Waals surface area contributed by atoms with Gasteiger partial charge >= 0.3 is 0 Å². The zero-order valence-corrected chi connectivity index (χ0v) is 17.8. The molecule has 2 aromatic carbocycles. The highest BCUT2D eigenvalue weighted by Gasteiger charge is 2.57. The zero-order chi connectivity index (χ0) is 21.4. The van der Waals surface area contributed by atoms with Gasteiger partial charge in [0.05, 0.1) is 7.11 Å². The third-order valence-corrected chi connectivity index (χ3v) is 6.20. The van der Waals surface area contributed by atoms with Gasteiger partial charge in [-0.25, -0.2) is 0 Å². The first kappa shape index (κ1) is 20.1. The quantitative estimate of drug-likeness (QED) is 0.730. The number of ether oxygens (including phenoxy) is 2. The molecule has 0 aromatic heterocycles. The van der Waals surface area contributed by atoms with Gasteiger partial charge in [-0.15, -0.1) is 0 Å². The number of hydrogen-bond acceptors (Lipinski definition) is 4. The van der Waals surface area contributed by atoms with Gasteiger partial charge in [-0.1, -0.05) is 56.8 Å². The third kappa shape index (κ3) is 3.05. The lowest BCUT2D eigenvalue weighted by Crippen LogP contribution is -2.68. The van der Waals surface area contributed by atoms with Gasteiger partial charge in [0.1, 0.15) is 12.3 Å². The number of methoxy groups -OCH3 is 1. The SMILES string of the molecule is C=CCOc1ccc(/C=C/[C@@]23NC(=O)CCN2c2ccccc2C3(C)C)cc1OC. The molecule has 2 aliphatic rings. The fourth-order valence-electron chi connectivity index (χ4n) is 4.59. The number of anilines is 1. The van der Waals surface area contributed by atoms with Gasteiger partial charge in [-0.05, 0) is 35.4 Å². The number of nitrogens with zero attached hydrogens (tertiary/aromatic N) is 1. The summed E-state index contributed by atoms with van der Waals surface area (Å²) in [5.74, 6) is 1.41. The van der Waals surface area contributed by atoms with Gasteiger partial charge in [0.15, 0.2) is 11.5 Å². The van der Waals surface area contributed by atoms with Gasteiger partial charge < -0.3 is 19.7 Å². The molecule has 5 nitrogen and oxygen atoms in total. The molecule has 0 aliphatic carbocycles. The minimum Gasteiger partial charge on any atom is -0.493 e. The Morgan fingerprint density at radius 1 is 1.20 bits per heavy atom. The van der Waals surface area contributed by atoms with Crippen LogP contribution in [0.5, 0.6) is 11.5 Å². The summed E-state index contributed by atoms with van der Waals surface area (Å²) in [5.41, 5.74) is 2.46. The number of rotatable bonds is 6. The molecule has 2 heterocycles. The van der Waals surface area contributed by atoms with Crippen molar-refractivity contribution in [3.63, 3.8) is 0 Å². The van der Waals surface area contributed by atoms with E-state index in [0.29, 0.717) is 31.1 Å². The van der Waals surface area contributed by atoms with Crippen LogP contribution in [0.25, 0.3) is 6.08 Å². The molecular formula is C25H28N2O3. The summed E-state index contributed by atoms with van der Waals surface area (Å²) in [5, 5.41) is 3.30. The van der Waals surface area contributed by atoms with Crippen LogP contribution in [0.4, 0.5) is 5.69 Å². The highest BCUT2D eigenvalue weighted by atomic mass is 16.5. The first-order valence-electron chi connectivity index (χ1n) is 10.2. The second kappa shape index (κ2) is 7.56. The molecule has 1 saturated heterocycles. The molecule has 4 rings (SSSR count). The van der Waals surface area contributed by atoms with E-state index in [9.17, 15) is 4.79 Å². The largest absolute Gasteiger partial charge is 0.493 e. The first-order valence-corrected chi connectivity index (χ1v) is 10.2. The van der Waals surface area contributed by atoms with Crippen molar-refractivity contribution in [2.75, 3.05) is 25.2 Å².